The fourth-order valence-electron chi connectivity index (χ4n) is 2.21. The number of rotatable bonds is 3. The molecule has 0 bridgehead atoms. The molecule has 1 atom stereocenters. The topological polar surface area (TPSA) is 62.5 Å². The zero-order valence-electron chi connectivity index (χ0n) is 11.9. The van der Waals surface area contributed by atoms with Gasteiger partial charge in [0.2, 0.25) is 5.91 Å². The zero-order valence-corrected chi connectivity index (χ0v) is 12.7. The van der Waals surface area contributed by atoms with Gasteiger partial charge in [-0.2, -0.15) is 0 Å². The molecule has 1 aromatic rings. The Balaban J connectivity index is 1.92. The van der Waals surface area contributed by atoms with E-state index in [-0.39, 0.29) is 11.8 Å². The Kier molecular flexibility index (Phi) is 4.83. The van der Waals surface area contributed by atoms with E-state index in [0.29, 0.717) is 18.1 Å². The van der Waals surface area contributed by atoms with Crippen LogP contribution in [0.2, 0.25) is 5.02 Å². The standard InChI is InChI=1S/C14H21ClN4O/c1-10(2)13(16)14(20)19-7-5-18(6-8-19)12-4-3-11(15)9-17-12/h3-4,9-10,13H,5-8,16H2,1-2H3/t13-/m0/s1. The Morgan fingerprint density at radius 2 is 1.95 bits per heavy atom. The van der Waals surface area contributed by atoms with Crippen molar-refractivity contribution in [2.45, 2.75) is 19.9 Å². The van der Waals surface area contributed by atoms with Gasteiger partial charge in [-0.3, -0.25) is 4.79 Å². The van der Waals surface area contributed by atoms with Gasteiger partial charge in [0.25, 0.3) is 0 Å². The van der Waals surface area contributed by atoms with Gasteiger partial charge in [0, 0.05) is 32.4 Å². The lowest BCUT2D eigenvalue weighted by atomic mass is 10.0. The maximum Gasteiger partial charge on any atom is 0.239 e. The van der Waals surface area contributed by atoms with E-state index in [1.807, 2.05) is 30.9 Å². The van der Waals surface area contributed by atoms with Crippen molar-refractivity contribution in [2.75, 3.05) is 31.1 Å². The minimum Gasteiger partial charge on any atom is -0.353 e. The highest BCUT2D eigenvalue weighted by Crippen LogP contribution is 2.16. The van der Waals surface area contributed by atoms with Crippen molar-refractivity contribution in [3.05, 3.63) is 23.4 Å². The fraction of sp³-hybridized carbons (Fsp3) is 0.571. The zero-order chi connectivity index (χ0) is 14.7. The Bertz CT molecular complexity index is 455. The maximum absolute atomic E-state index is 12.2. The maximum atomic E-state index is 12.2. The summed E-state index contributed by atoms with van der Waals surface area (Å²) in [5.74, 6) is 1.11. The van der Waals surface area contributed by atoms with E-state index in [2.05, 4.69) is 9.88 Å². The first-order chi connectivity index (χ1) is 9.49. The number of hydrogen-bond acceptors (Lipinski definition) is 4. The van der Waals surface area contributed by atoms with Crippen molar-refractivity contribution < 1.29 is 4.79 Å². The number of carbonyl (C=O) groups excluding carboxylic acids is 1. The number of amides is 1. The Morgan fingerprint density at radius 3 is 2.45 bits per heavy atom. The highest BCUT2D eigenvalue weighted by atomic mass is 35.5. The molecule has 6 heteroatoms. The summed E-state index contributed by atoms with van der Waals surface area (Å²) in [6.45, 7) is 6.84. The van der Waals surface area contributed by atoms with E-state index in [9.17, 15) is 4.79 Å². The van der Waals surface area contributed by atoms with Crippen LogP contribution in [0.1, 0.15) is 13.8 Å². The highest BCUT2D eigenvalue weighted by Gasteiger charge is 2.27. The van der Waals surface area contributed by atoms with Crippen molar-refractivity contribution in [2.24, 2.45) is 11.7 Å². The molecule has 1 fully saturated rings. The Hall–Kier alpha value is -1.33. The molecule has 0 radical (unpaired) electrons. The first kappa shape index (κ1) is 15.1. The third-order valence-electron chi connectivity index (χ3n) is 3.63. The molecular weight excluding hydrogens is 276 g/mol. The SMILES string of the molecule is CC(C)[C@H](N)C(=O)N1CCN(c2ccc(Cl)cn2)CC1. The molecule has 0 spiro atoms. The lowest BCUT2D eigenvalue weighted by Gasteiger charge is -2.37. The lowest BCUT2D eigenvalue weighted by molar-refractivity contribution is -0.133. The third-order valence-corrected chi connectivity index (χ3v) is 3.85. The molecule has 2 heterocycles. The van der Waals surface area contributed by atoms with E-state index in [1.54, 1.807) is 6.20 Å². The van der Waals surface area contributed by atoms with Crippen molar-refractivity contribution in [1.82, 2.24) is 9.88 Å². The average molecular weight is 297 g/mol. The molecule has 1 saturated heterocycles. The quantitative estimate of drug-likeness (QED) is 0.915. The number of piperazine rings is 1. The molecule has 0 aliphatic carbocycles. The molecule has 0 saturated carbocycles. The van der Waals surface area contributed by atoms with Crippen LogP contribution in [0.3, 0.4) is 0 Å². The van der Waals surface area contributed by atoms with Gasteiger partial charge in [0.1, 0.15) is 5.82 Å². The summed E-state index contributed by atoms with van der Waals surface area (Å²) in [6, 6.07) is 3.32. The number of aromatic nitrogens is 1. The molecule has 1 amide bonds. The van der Waals surface area contributed by atoms with Crippen LogP contribution >= 0.6 is 11.6 Å². The van der Waals surface area contributed by atoms with Crippen LogP contribution in [0.15, 0.2) is 18.3 Å². The Labute approximate surface area is 124 Å². The van der Waals surface area contributed by atoms with E-state index in [0.717, 1.165) is 18.9 Å². The molecule has 2 rings (SSSR count). The molecule has 5 nitrogen and oxygen atoms in total. The van der Waals surface area contributed by atoms with Crippen LogP contribution < -0.4 is 10.6 Å². The van der Waals surface area contributed by atoms with Crippen molar-refractivity contribution >= 4 is 23.3 Å². The summed E-state index contributed by atoms with van der Waals surface area (Å²) < 4.78 is 0. The van der Waals surface area contributed by atoms with Crippen molar-refractivity contribution in [3.8, 4) is 0 Å². The van der Waals surface area contributed by atoms with Crippen LogP contribution in [0, 0.1) is 5.92 Å². The highest BCUT2D eigenvalue weighted by molar-refractivity contribution is 6.30. The summed E-state index contributed by atoms with van der Waals surface area (Å²) in [5.41, 5.74) is 5.92. The first-order valence-corrected chi connectivity index (χ1v) is 7.27. The summed E-state index contributed by atoms with van der Waals surface area (Å²) >= 11 is 5.83. The average Bonchev–Trinajstić information content (AvgIpc) is 2.46. The largest absolute Gasteiger partial charge is 0.353 e. The molecule has 110 valence electrons. The van der Waals surface area contributed by atoms with Crippen LogP contribution in [-0.2, 0) is 4.79 Å². The minimum absolute atomic E-state index is 0.0451. The summed E-state index contributed by atoms with van der Waals surface area (Å²) in [6.07, 6.45) is 1.64. The fourth-order valence-corrected chi connectivity index (χ4v) is 2.32. The molecule has 20 heavy (non-hydrogen) atoms. The number of nitrogens with two attached hydrogens (primary N) is 1. The van der Waals surface area contributed by atoms with Gasteiger partial charge in [-0.25, -0.2) is 4.98 Å². The lowest BCUT2D eigenvalue weighted by Crippen LogP contribution is -2.54. The predicted molar refractivity (Wildman–Crippen MR) is 80.9 cm³/mol. The Morgan fingerprint density at radius 1 is 1.30 bits per heavy atom. The molecule has 0 unspecified atom stereocenters. The summed E-state index contributed by atoms with van der Waals surface area (Å²) in [5, 5.41) is 0.630. The van der Waals surface area contributed by atoms with Gasteiger partial charge in [-0.15, -0.1) is 0 Å². The number of hydrogen-bond donors (Lipinski definition) is 1. The predicted octanol–water partition coefficient (Wildman–Crippen LogP) is 1.37. The second kappa shape index (κ2) is 6.41. The van der Waals surface area contributed by atoms with Gasteiger partial charge >= 0.3 is 0 Å². The van der Waals surface area contributed by atoms with Crippen LogP contribution in [0.4, 0.5) is 5.82 Å². The second-order valence-electron chi connectivity index (χ2n) is 5.42. The molecule has 1 aromatic heterocycles. The monoisotopic (exact) mass is 296 g/mol. The van der Waals surface area contributed by atoms with Crippen molar-refractivity contribution in [1.29, 1.82) is 0 Å². The van der Waals surface area contributed by atoms with Gasteiger partial charge in [0.05, 0.1) is 11.1 Å². The van der Waals surface area contributed by atoms with Crippen LogP contribution in [0.25, 0.3) is 0 Å². The molecule has 2 N–H and O–H groups in total. The van der Waals surface area contributed by atoms with E-state index < -0.39 is 6.04 Å². The summed E-state index contributed by atoms with van der Waals surface area (Å²) in [7, 11) is 0. The van der Waals surface area contributed by atoms with Gasteiger partial charge in [-0.1, -0.05) is 25.4 Å². The molecule has 1 aliphatic heterocycles. The first-order valence-electron chi connectivity index (χ1n) is 6.90. The molecular formula is C14H21ClN4O. The van der Waals surface area contributed by atoms with E-state index in [4.69, 9.17) is 17.3 Å². The van der Waals surface area contributed by atoms with E-state index in [1.165, 1.54) is 0 Å². The summed E-state index contributed by atoms with van der Waals surface area (Å²) in [4.78, 5) is 20.5. The normalized spacial score (nSPS) is 17.4. The smallest absolute Gasteiger partial charge is 0.239 e. The number of halogens is 1. The number of carbonyl (C=O) groups is 1. The van der Waals surface area contributed by atoms with Gasteiger partial charge in [0.15, 0.2) is 0 Å². The molecule has 0 aromatic carbocycles. The second-order valence-corrected chi connectivity index (χ2v) is 5.85. The number of pyridine rings is 1. The molecule has 1 aliphatic rings. The van der Waals surface area contributed by atoms with Crippen LogP contribution in [0.5, 0.6) is 0 Å². The van der Waals surface area contributed by atoms with Gasteiger partial charge < -0.3 is 15.5 Å². The third kappa shape index (κ3) is 3.41. The minimum atomic E-state index is -0.407. The van der Waals surface area contributed by atoms with Gasteiger partial charge in [-0.05, 0) is 18.1 Å². The van der Waals surface area contributed by atoms with E-state index >= 15 is 0 Å². The number of nitrogens with zero attached hydrogens (tertiary/aromatic N) is 3. The van der Waals surface area contributed by atoms with Crippen LogP contribution in [-0.4, -0.2) is 48.0 Å². The number of anilines is 1. The van der Waals surface area contributed by atoms with Crippen molar-refractivity contribution in [3.63, 3.8) is 0 Å².